The van der Waals surface area contributed by atoms with Crippen LogP contribution in [0.25, 0.3) is 11.1 Å². The van der Waals surface area contributed by atoms with Gasteiger partial charge in [0.05, 0.1) is 12.2 Å². The van der Waals surface area contributed by atoms with E-state index in [4.69, 9.17) is 28.2 Å². The minimum atomic E-state index is 0.516. The summed E-state index contributed by atoms with van der Waals surface area (Å²) in [4.78, 5) is 5.48. The molecule has 0 N–H and O–H groups in total. The van der Waals surface area contributed by atoms with Gasteiger partial charge in [-0.3, -0.25) is 9.47 Å². The highest BCUT2D eigenvalue weighted by molar-refractivity contribution is 7.71. The first kappa shape index (κ1) is 16.0. The second kappa shape index (κ2) is 6.71. The highest BCUT2D eigenvalue weighted by Crippen LogP contribution is 2.22. The Labute approximate surface area is 141 Å². The van der Waals surface area contributed by atoms with Crippen molar-refractivity contribution in [2.45, 2.75) is 20.5 Å². The molecule has 2 aromatic rings. The molecule has 0 radical (unpaired) electrons. The highest BCUT2D eigenvalue weighted by Gasteiger charge is 2.19. The van der Waals surface area contributed by atoms with E-state index in [1.165, 1.54) is 6.54 Å². The lowest BCUT2D eigenvalue weighted by Gasteiger charge is -2.35. The maximum absolute atomic E-state index is 6.01. The number of benzene rings is 1. The second-order valence-corrected chi connectivity index (χ2v) is 7.15. The van der Waals surface area contributed by atoms with Gasteiger partial charge in [0.25, 0.3) is 4.84 Å². The molecule has 0 bridgehead atoms. The van der Waals surface area contributed by atoms with Gasteiger partial charge >= 0.3 is 0 Å². The summed E-state index contributed by atoms with van der Waals surface area (Å²) < 4.78 is 7.71. The average molecular weight is 340 g/mol. The summed E-state index contributed by atoms with van der Waals surface area (Å²) in [5.41, 5.74) is 1.77. The first-order chi connectivity index (χ1) is 10.5. The molecule has 6 heteroatoms. The Morgan fingerprint density at radius 3 is 2.55 bits per heavy atom. The highest BCUT2D eigenvalue weighted by atomic mass is 35.5. The third kappa shape index (κ3) is 3.54. The molecule has 0 atom stereocenters. The molecule has 2 heterocycles. The molecular weight excluding hydrogens is 318 g/mol. The summed E-state index contributed by atoms with van der Waals surface area (Å²) >= 11 is 11.4. The van der Waals surface area contributed by atoms with Gasteiger partial charge in [0.2, 0.25) is 0 Å². The van der Waals surface area contributed by atoms with Gasteiger partial charge in [-0.25, -0.2) is 0 Å². The number of hydrogen-bond donors (Lipinski definition) is 0. The number of piperazine rings is 1. The van der Waals surface area contributed by atoms with E-state index in [0.29, 0.717) is 9.86 Å². The average Bonchev–Trinajstić information content (AvgIpc) is 2.75. The number of aromatic nitrogens is 1. The molecule has 1 aromatic carbocycles. The van der Waals surface area contributed by atoms with Gasteiger partial charge in [0, 0.05) is 43.8 Å². The zero-order valence-corrected chi connectivity index (χ0v) is 14.7. The molecule has 1 fully saturated rings. The minimum Gasteiger partial charge on any atom is -0.429 e. The zero-order valence-electron chi connectivity index (χ0n) is 13.1. The van der Waals surface area contributed by atoms with Crippen molar-refractivity contribution in [1.82, 2.24) is 14.4 Å². The lowest BCUT2D eigenvalue weighted by Crippen LogP contribution is -2.47. The predicted octanol–water partition coefficient (Wildman–Crippen LogP) is 3.85. The number of fused-ring (bicyclic) bond motifs is 1. The van der Waals surface area contributed by atoms with E-state index in [1.807, 2.05) is 18.2 Å². The molecule has 0 spiro atoms. The monoisotopic (exact) mass is 339 g/mol. The number of rotatable bonds is 4. The van der Waals surface area contributed by atoms with Crippen LogP contribution >= 0.6 is 23.8 Å². The third-order valence-electron chi connectivity index (χ3n) is 4.06. The van der Waals surface area contributed by atoms with E-state index >= 15 is 0 Å². The van der Waals surface area contributed by atoms with Crippen molar-refractivity contribution in [2.75, 3.05) is 32.7 Å². The fraction of sp³-hybridized carbons (Fsp3) is 0.562. The SMILES string of the molecule is CC(C)CN1CCN(Cn2c(=S)oc3cc(Cl)ccc32)CC1. The molecule has 1 aliphatic heterocycles. The van der Waals surface area contributed by atoms with Gasteiger partial charge in [-0.1, -0.05) is 25.4 Å². The molecule has 1 aromatic heterocycles. The molecule has 0 aliphatic carbocycles. The van der Waals surface area contributed by atoms with Crippen LogP contribution in [-0.4, -0.2) is 47.1 Å². The second-order valence-electron chi connectivity index (χ2n) is 6.36. The van der Waals surface area contributed by atoms with Crippen molar-refractivity contribution in [2.24, 2.45) is 5.92 Å². The quantitative estimate of drug-likeness (QED) is 0.790. The van der Waals surface area contributed by atoms with E-state index < -0.39 is 0 Å². The predicted molar refractivity (Wildman–Crippen MR) is 92.9 cm³/mol. The molecule has 0 unspecified atom stereocenters. The van der Waals surface area contributed by atoms with Gasteiger partial charge in [-0.05, 0) is 30.3 Å². The first-order valence-electron chi connectivity index (χ1n) is 7.76. The standard InChI is InChI=1S/C16H22ClN3OS/c1-12(2)10-18-5-7-19(8-6-18)11-20-14-4-3-13(17)9-15(14)21-16(20)22/h3-4,9,12H,5-8,10-11H2,1-2H3. The van der Waals surface area contributed by atoms with Gasteiger partial charge in [0.15, 0.2) is 5.58 Å². The Morgan fingerprint density at radius 2 is 1.86 bits per heavy atom. The number of nitrogens with zero attached hydrogens (tertiary/aromatic N) is 3. The minimum absolute atomic E-state index is 0.516. The Hall–Kier alpha value is -0.880. The van der Waals surface area contributed by atoms with Crippen LogP contribution in [0.3, 0.4) is 0 Å². The zero-order chi connectivity index (χ0) is 15.7. The van der Waals surface area contributed by atoms with E-state index in [0.717, 1.165) is 49.9 Å². The van der Waals surface area contributed by atoms with E-state index in [9.17, 15) is 0 Å². The molecule has 3 rings (SSSR count). The maximum atomic E-state index is 6.01. The van der Waals surface area contributed by atoms with Crippen molar-refractivity contribution in [3.63, 3.8) is 0 Å². The lowest BCUT2D eigenvalue weighted by molar-refractivity contribution is 0.0993. The van der Waals surface area contributed by atoms with Crippen LogP contribution < -0.4 is 0 Å². The summed E-state index contributed by atoms with van der Waals surface area (Å²) in [7, 11) is 0. The van der Waals surface area contributed by atoms with Gasteiger partial charge in [0.1, 0.15) is 0 Å². The summed E-state index contributed by atoms with van der Waals surface area (Å²) in [5, 5.41) is 0.672. The van der Waals surface area contributed by atoms with Crippen molar-refractivity contribution < 1.29 is 4.42 Å². The molecule has 0 saturated carbocycles. The maximum Gasteiger partial charge on any atom is 0.270 e. The topological polar surface area (TPSA) is 24.6 Å². The van der Waals surface area contributed by atoms with Gasteiger partial charge in [-0.15, -0.1) is 0 Å². The largest absolute Gasteiger partial charge is 0.429 e. The Kier molecular flexibility index (Phi) is 4.88. The van der Waals surface area contributed by atoms with Crippen LogP contribution in [0, 0.1) is 10.8 Å². The first-order valence-corrected chi connectivity index (χ1v) is 8.55. The van der Waals surface area contributed by atoms with Crippen LogP contribution in [0.5, 0.6) is 0 Å². The van der Waals surface area contributed by atoms with Gasteiger partial charge < -0.3 is 9.32 Å². The summed E-state index contributed by atoms with van der Waals surface area (Å²) in [6.07, 6.45) is 0. The van der Waals surface area contributed by atoms with E-state index in [-0.39, 0.29) is 0 Å². The smallest absolute Gasteiger partial charge is 0.270 e. The number of halogens is 1. The van der Waals surface area contributed by atoms with E-state index in [2.05, 4.69) is 28.2 Å². The summed E-state index contributed by atoms with van der Waals surface area (Å²) in [5.74, 6) is 0.725. The van der Waals surface area contributed by atoms with Crippen molar-refractivity contribution in [1.29, 1.82) is 0 Å². The molecule has 0 amide bonds. The van der Waals surface area contributed by atoms with Crippen molar-refractivity contribution in [3.05, 3.63) is 28.1 Å². The number of hydrogen-bond acceptors (Lipinski definition) is 4. The fourth-order valence-corrected chi connectivity index (χ4v) is 3.41. The molecular formula is C16H22ClN3OS. The Morgan fingerprint density at radius 1 is 1.18 bits per heavy atom. The van der Waals surface area contributed by atoms with Crippen LogP contribution in [0.2, 0.25) is 5.02 Å². The van der Waals surface area contributed by atoms with Crippen molar-refractivity contribution in [3.8, 4) is 0 Å². The van der Waals surface area contributed by atoms with Crippen LogP contribution in [0.1, 0.15) is 13.8 Å². The number of oxazole rings is 1. The van der Waals surface area contributed by atoms with Crippen LogP contribution in [0.4, 0.5) is 0 Å². The van der Waals surface area contributed by atoms with Crippen molar-refractivity contribution >= 4 is 34.9 Å². The third-order valence-corrected chi connectivity index (χ3v) is 4.60. The fourth-order valence-electron chi connectivity index (χ4n) is 3.00. The Balaban J connectivity index is 1.70. The summed E-state index contributed by atoms with van der Waals surface area (Å²) in [6.45, 7) is 10.9. The van der Waals surface area contributed by atoms with Crippen LogP contribution in [0.15, 0.2) is 22.6 Å². The van der Waals surface area contributed by atoms with E-state index in [1.54, 1.807) is 0 Å². The molecule has 120 valence electrons. The van der Waals surface area contributed by atoms with Crippen LogP contribution in [-0.2, 0) is 6.67 Å². The molecule has 22 heavy (non-hydrogen) atoms. The molecule has 4 nitrogen and oxygen atoms in total. The normalized spacial score (nSPS) is 17.6. The molecule has 1 aliphatic rings. The molecule has 1 saturated heterocycles. The van der Waals surface area contributed by atoms with Gasteiger partial charge in [-0.2, -0.15) is 0 Å². The Bertz CT molecular complexity index is 701. The lowest BCUT2D eigenvalue weighted by atomic mass is 10.2. The summed E-state index contributed by atoms with van der Waals surface area (Å²) in [6, 6.07) is 5.68.